The second-order valence-corrected chi connectivity index (χ2v) is 6.98. The number of hydrogen-bond donors (Lipinski definition) is 2. The molecule has 0 radical (unpaired) electrons. The Balaban J connectivity index is 1.88. The molecule has 3 heterocycles. The normalized spacial score (nSPS) is 21.1. The number of nitrogens with zero attached hydrogens (tertiary/aromatic N) is 2. The first-order chi connectivity index (χ1) is 11.3. The van der Waals surface area contributed by atoms with E-state index in [9.17, 15) is 4.79 Å². The van der Waals surface area contributed by atoms with Crippen molar-refractivity contribution >= 4 is 11.0 Å². The fourth-order valence-corrected chi connectivity index (χ4v) is 4.19. The Morgan fingerprint density at radius 3 is 1.96 bits per heavy atom. The van der Waals surface area contributed by atoms with Crippen molar-refractivity contribution in [3.63, 3.8) is 0 Å². The van der Waals surface area contributed by atoms with E-state index in [4.69, 9.17) is 0 Å². The molecule has 5 heteroatoms. The maximum Gasteiger partial charge on any atom is 0.329 e. The first-order valence-electron chi connectivity index (χ1n) is 8.90. The lowest BCUT2D eigenvalue weighted by molar-refractivity contribution is 0.339. The van der Waals surface area contributed by atoms with Crippen LogP contribution < -0.4 is 16.3 Å². The predicted molar refractivity (Wildman–Crippen MR) is 93.2 cm³/mol. The van der Waals surface area contributed by atoms with Crippen LogP contribution in [-0.2, 0) is 0 Å². The molecule has 2 aliphatic heterocycles. The summed E-state index contributed by atoms with van der Waals surface area (Å²) in [6.45, 7) is 6.12. The molecule has 0 aliphatic carbocycles. The summed E-state index contributed by atoms with van der Waals surface area (Å²) in [6, 6.07) is 7.13. The maximum atomic E-state index is 13.3. The molecule has 2 saturated heterocycles. The molecule has 5 nitrogen and oxygen atoms in total. The van der Waals surface area contributed by atoms with Gasteiger partial charge in [0.05, 0.1) is 11.0 Å². The zero-order valence-corrected chi connectivity index (χ0v) is 13.8. The SMILES string of the molecule is Cc1ccc2c(c1)n(C1CCNCC1)c(=O)n2C1CCNCC1. The maximum absolute atomic E-state index is 13.3. The van der Waals surface area contributed by atoms with Gasteiger partial charge in [-0.15, -0.1) is 0 Å². The van der Waals surface area contributed by atoms with Gasteiger partial charge in [-0.05, 0) is 76.5 Å². The number of piperidine rings is 2. The monoisotopic (exact) mass is 314 g/mol. The standard InChI is InChI=1S/C18H26N4O/c1-13-2-3-16-17(12-13)22(15-6-10-20-11-7-15)18(23)21(16)14-4-8-19-9-5-14/h2-3,12,14-15,19-20H,4-11H2,1H3. The molecule has 23 heavy (non-hydrogen) atoms. The Kier molecular flexibility index (Phi) is 3.99. The van der Waals surface area contributed by atoms with Gasteiger partial charge in [-0.3, -0.25) is 9.13 Å². The number of imidazole rings is 1. The average Bonchev–Trinajstić information content (AvgIpc) is 2.87. The topological polar surface area (TPSA) is 51.0 Å². The Hall–Kier alpha value is -1.59. The van der Waals surface area contributed by atoms with Gasteiger partial charge in [0.15, 0.2) is 0 Å². The summed E-state index contributed by atoms with van der Waals surface area (Å²) in [5.74, 6) is 0. The predicted octanol–water partition coefficient (Wildman–Crippen LogP) is 1.96. The summed E-state index contributed by atoms with van der Waals surface area (Å²) < 4.78 is 4.17. The average molecular weight is 314 g/mol. The van der Waals surface area contributed by atoms with Gasteiger partial charge in [-0.25, -0.2) is 4.79 Å². The summed E-state index contributed by atoms with van der Waals surface area (Å²) >= 11 is 0. The Morgan fingerprint density at radius 2 is 1.39 bits per heavy atom. The number of fused-ring (bicyclic) bond motifs is 1. The molecule has 2 N–H and O–H groups in total. The van der Waals surface area contributed by atoms with Crippen LogP contribution in [0.3, 0.4) is 0 Å². The van der Waals surface area contributed by atoms with Crippen molar-refractivity contribution in [2.24, 2.45) is 0 Å². The summed E-state index contributed by atoms with van der Waals surface area (Å²) in [5.41, 5.74) is 3.67. The third kappa shape index (κ3) is 2.62. The van der Waals surface area contributed by atoms with Gasteiger partial charge in [0.25, 0.3) is 0 Å². The van der Waals surface area contributed by atoms with E-state index in [-0.39, 0.29) is 5.69 Å². The molecular formula is C18H26N4O. The largest absolute Gasteiger partial charge is 0.329 e. The number of aromatic nitrogens is 2. The van der Waals surface area contributed by atoms with Crippen LogP contribution in [0.4, 0.5) is 0 Å². The van der Waals surface area contributed by atoms with Crippen LogP contribution >= 0.6 is 0 Å². The van der Waals surface area contributed by atoms with Crippen molar-refractivity contribution < 1.29 is 0 Å². The summed E-state index contributed by atoms with van der Waals surface area (Å²) in [4.78, 5) is 13.3. The first-order valence-corrected chi connectivity index (χ1v) is 8.90. The molecule has 0 bridgehead atoms. The van der Waals surface area contributed by atoms with Gasteiger partial charge < -0.3 is 10.6 Å². The van der Waals surface area contributed by atoms with Gasteiger partial charge in [0, 0.05) is 12.1 Å². The lowest BCUT2D eigenvalue weighted by Crippen LogP contribution is -2.38. The number of rotatable bonds is 2. The summed E-state index contributed by atoms with van der Waals surface area (Å²) in [7, 11) is 0. The van der Waals surface area contributed by atoms with Gasteiger partial charge >= 0.3 is 5.69 Å². The van der Waals surface area contributed by atoms with Crippen LogP contribution in [0, 0.1) is 6.92 Å². The van der Waals surface area contributed by atoms with Crippen LogP contribution in [0.5, 0.6) is 0 Å². The zero-order chi connectivity index (χ0) is 15.8. The third-order valence-corrected chi connectivity index (χ3v) is 5.41. The van der Waals surface area contributed by atoms with Crippen LogP contribution in [0.25, 0.3) is 11.0 Å². The van der Waals surface area contributed by atoms with Crippen LogP contribution in [0.1, 0.15) is 43.3 Å². The van der Waals surface area contributed by atoms with Crippen LogP contribution in [0.15, 0.2) is 23.0 Å². The van der Waals surface area contributed by atoms with E-state index < -0.39 is 0 Å². The van der Waals surface area contributed by atoms with Gasteiger partial charge in [-0.2, -0.15) is 0 Å². The molecule has 0 amide bonds. The summed E-state index contributed by atoms with van der Waals surface area (Å²) in [6.07, 6.45) is 4.16. The molecule has 0 spiro atoms. The minimum Gasteiger partial charge on any atom is -0.317 e. The van der Waals surface area contributed by atoms with Crippen molar-refractivity contribution in [2.75, 3.05) is 26.2 Å². The van der Waals surface area contributed by atoms with Gasteiger partial charge in [0.2, 0.25) is 0 Å². The molecule has 124 valence electrons. The molecule has 2 fully saturated rings. The third-order valence-electron chi connectivity index (χ3n) is 5.41. The second kappa shape index (κ2) is 6.13. The highest BCUT2D eigenvalue weighted by atomic mass is 16.1. The fraction of sp³-hybridized carbons (Fsp3) is 0.611. The van der Waals surface area contributed by atoms with Crippen molar-refractivity contribution in [2.45, 2.75) is 44.7 Å². The van der Waals surface area contributed by atoms with E-state index >= 15 is 0 Å². The Bertz CT molecular complexity index is 748. The number of hydrogen-bond acceptors (Lipinski definition) is 3. The molecule has 1 aromatic heterocycles. The lowest BCUT2D eigenvalue weighted by atomic mass is 10.1. The first kappa shape index (κ1) is 15.0. The molecule has 2 aromatic rings. The van der Waals surface area contributed by atoms with Crippen LogP contribution in [0.2, 0.25) is 0 Å². The molecule has 0 saturated carbocycles. The van der Waals surface area contributed by atoms with Crippen molar-refractivity contribution in [1.82, 2.24) is 19.8 Å². The highest BCUT2D eigenvalue weighted by Crippen LogP contribution is 2.28. The van der Waals surface area contributed by atoms with Gasteiger partial charge in [0.1, 0.15) is 0 Å². The molecule has 4 rings (SSSR count). The van der Waals surface area contributed by atoms with E-state index in [1.54, 1.807) is 0 Å². The highest BCUT2D eigenvalue weighted by molar-refractivity contribution is 5.77. The van der Waals surface area contributed by atoms with Crippen molar-refractivity contribution in [3.05, 3.63) is 34.2 Å². The quantitative estimate of drug-likeness (QED) is 0.891. The smallest absolute Gasteiger partial charge is 0.317 e. The van der Waals surface area contributed by atoms with Crippen LogP contribution in [-0.4, -0.2) is 35.3 Å². The minimum absolute atomic E-state index is 0.199. The Morgan fingerprint density at radius 1 is 0.870 bits per heavy atom. The molecule has 0 unspecified atom stereocenters. The molecule has 2 aliphatic rings. The number of aryl methyl sites for hydroxylation is 1. The Labute approximate surface area is 136 Å². The molecule has 1 aromatic carbocycles. The van der Waals surface area contributed by atoms with Crippen molar-refractivity contribution in [3.8, 4) is 0 Å². The van der Waals surface area contributed by atoms with E-state index in [0.717, 1.165) is 62.9 Å². The molecular weight excluding hydrogens is 288 g/mol. The van der Waals surface area contributed by atoms with Crippen molar-refractivity contribution in [1.29, 1.82) is 0 Å². The van der Waals surface area contributed by atoms with E-state index in [1.165, 1.54) is 5.56 Å². The highest BCUT2D eigenvalue weighted by Gasteiger charge is 2.26. The van der Waals surface area contributed by atoms with Gasteiger partial charge in [-0.1, -0.05) is 6.07 Å². The minimum atomic E-state index is 0.199. The molecule has 0 atom stereocenters. The van der Waals surface area contributed by atoms with E-state index in [0.29, 0.717) is 12.1 Å². The zero-order valence-electron chi connectivity index (χ0n) is 13.8. The summed E-state index contributed by atoms with van der Waals surface area (Å²) in [5, 5.41) is 6.80. The number of benzene rings is 1. The number of nitrogens with one attached hydrogen (secondary N) is 2. The van der Waals surface area contributed by atoms with E-state index in [2.05, 4.69) is 44.9 Å². The second-order valence-electron chi connectivity index (χ2n) is 6.98. The fourth-order valence-electron chi connectivity index (χ4n) is 4.19. The van der Waals surface area contributed by atoms with E-state index in [1.807, 2.05) is 0 Å². The lowest BCUT2D eigenvalue weighted by Gasteiger charge is -2.25.